The number of sulfonamides is 1. The number of allylic oxidation sites excluding steroid dienone is 6. The maximum absolute atomic E-state index is 12.9. The lowest BCUT2D eigenvalue weighted by atomic mass is 9.91. The van der Waals surface area contributed by atoms with Crippen molar-refractivity contribution in [2.45, 2.75) is 180 Å². The van der Waals surface area contributed by atoms with Crippen LogP contribution in [0.25, 0.3) is 33.7 Å². The van der Waals surface area contributed by atoms with E-state index in [0.29, 0.717) is 57.7 Å². The van der Waals surface area contributed by atoms with E-state index < -0.39 is 17.4 Å². The normalized spacial score (nSPS) is 11.4. The number of aryl methyl sites for hydroxylation is 3. The minimum atomic E-state index is -3.75. The first kappa shape index (κ1) is 105. The summed E-state index contributed by atoms with van der Waals surface area (Å²) >= 11 is 7.33. The van der Waals surface area contributed by atoms with Gasteiger partial charge >= 0.3 is 0 Å². The third-order valence-electron chi connectivity index (χ3n) is 17.7. The molecule has 8 aromatic carbocycles. The molecule has 0 bridgehead atoms. The van der Waals surface area contributed by atoms with Crippen LogP contribution in [0, 0.1) is 43.5 Å². The van der Waals surface area contributed by atoms with E-state index in [-0.39, 0.29) is 43.3 Å². The molecule has 11 nitrogen and oxygen atoms in total. The molecular weight excluding hydrogens is 1550 g/mol. The Labute approximate surface area is 723 Å². The number of unbranched alkanes of at least 4 members (excludes halogenated alkanes) is 6. The van der Waals surface area contributed by atoms with Crippen LogP contribution in [0.15, 0.2) is 272 Å². The summed E-state index contributed by atoms with van der Waals surface area (Å²) in [6.45, 7) is 20.0. The summed E-state index contributed by atoms with van der Waals surface area (Å²) in [5, 5.41) is 9.05. The zero-order valence-corrected chi connectivity index (χ0v) is 73.3. The molecule has 0 saturated heterocycles. The molecule has 118 heavy (non-hydrogen) atoms. The van der Waals surface area contributed by atoms with E-state index in [4.69, 9.17) is 17.4 Å². The largest absolute Gasteiger partial charge is 0.349 e. The molecule has 0 saturated carbocycles. The van der Waals surface area contributed by atoms with E-state index in [1.807, 2.05) is 117 Å². The van der Waals surface area contributed by atoms with E-state index in [1.165, 1.54) is 45.2 Å². The van der Waals surface area contributed by atoms with Crippen molar-refractivity contribution in [3.05, 3.63) is 317 Å². The Morgan fingerprint density at radius 2 is 1.03 bits per heavy atom. The van der Waals surface area contributed by atoms with Crippen LogP contribution in [0.2, 0.25) is 0 Å². The number of carbonyl (C=O) groups is 4. The highest BCUT2D eigenvalue weighted by molar-refractivity contribution is 8.07. The number of hydrazone groups is 1. The quantitative estimate of drug-likeness (QED) is 0.00495. The van der Waals surface area contributed by atoms with Crippen LogP contribution in [0.1, 0.15) is 197 Å². The number of amides is 1. The molecule has 10 rings (SSSR count). The molecule has 0 radical (unpaired) electrons. The standard InChI is InChI=1S/C26H26N2O2S.C19H18O.C19H20O.C13H14.C10H15O2P.C8H13NO.C6H8O.CH4.S2.H2S/c1-3-4-5-13-25(27-28-31(29,30)22-16-14-19(2)15-17-22)26-23-11-7-6-9-20(23)18-21-10-8-12-24(21)26;1-2-3-4-12-18(20)19-16-10-6-5-8-14(16)13-15-9-7-11-17(15)19;1-2-3-8-16-19(20)17-12-6-4-5-9-13-18-14-10-7-11-15-18;1-2-3-4-5-7-10-13-11-8-6-9-12-13;1-3-12-13(2,11)9-10-7-5-4-6-8-10;1-4-5-6-7-8(10)9(2)3;1-2-3-4-5-6-7;;1-2;/h4,6-7,9,11,14-18,28H,1,5,8,10,12-13H2,2H3;3,5-6,8,10,13H,1,4,7,9,11-12H2;3,7,9-11,13-15H,1,4-6,8,16H2;1,6-12H,3-5H2;4-8H,3,9H2,1-2H3;5H,1,6-7H2,2-3H3;1,6H,3-5H2;1H4;;1H2/b27-25+;;13-9+;10-7+;;;;;;. The summed E-state index contributed by atoms with van der Waals surface area (Å²) in [6.07, 6.45) is 46.6. The van der Waals surface area contributed by atoms with Crippen molar-refractivity contribution in [1.82, 2.24) is 9.73 Å². The molecule has 8 aromatic rings. The van der Waals surface area contributed by atoms with Gasteiger partial charge in [0.05, 0.1) is 17.2 Å². The predicted molar refractivity (Wildman–Crippen MR) is 511 cm³/mol. The van der Waals surface area contributed by atoms with Crippen LogP contribution in [0.4, 0.5) is 0 Å². The van der Waals surface area contributed by atoms with Gasteiger partial charge in [-0.3, -0.25) is 18.9 Å². The maximum atomic E-state index is 12.9. The molecular formula is C102H120N3O8PS4. The van der Waals surface area contributed by atoms with E-state index in [2.05, 4.69) is 190 Å². The molecule has 1 atom stereocenters. The van der Waals surface area contributed by atoms with Gasteiger partial charge in [0, 0.05) is 105 Å². The maximum Gasteiger partial charge on any atom is 0.276 e. The SMILES string of the molecule is C.C#CCCC/C=C/c1ccccc1.C#CCCCC=O.C=C=CCC/C(=N\NS(=O)(=O)c1ccc(C)cc1)c1c2c(cc3ccccc13)CCC2.C=C=CCCC(=O)C#CCCC/C=C/c1ccccc1.C=C=CCCC(=O)N(C)C.C=C=CCCC(=O)c1c2c(cc3ccccc13)CCC2.CCOP(C)(=O)Cc1ccccc1.S.S=S. The van der Waals surface area contributed by atoms with Crippen molar-refractivity contribution in [2.24, 2.45) is 5.10 Å². The Morgan fingerprint density at radius 1 is 0.585 bits per heavy atom. The van der Waals surface area contributed by atoms with Crippen molar-refractivity contribution in [2.75, 3.05) is 27.4 Å². The number of ketones is 2. The molecule has 0 aromatic heterocycles. The number of fused-ring (bicyclic) bond motifs is 4. The first-order chi connectivity index (χ1) is 56.3. The average molecular weight is 1680 g/mol. The van der Waals surface area contributed by atoms with E-state index in [9.17, 15) is 32.2 Å². The lowest BCUT2D eigenvalue weighted by Crippen LogP contribution is -2.21. The van der Waals surface area contributed by atoms with Crippen molar-refractivity contribution < 1.29 is 36.7 Å². The van der Waals surface area contributed by atoms with Gasteiger partial charge in [-0.05, 0) is 219 Å². The van der Waals surface area contributed by atoms with Crippen LogP contribution >= 0.6 is 20.9 Å². The van der Waals surface area contributed by atoms with Gasteiger partial charge in [0.2, 0.25) is 19.1 Å². The number of terminal acetylenes is 2. The van der Waals surface area contributed by atoms with E-state index >= 15 is 0 Å². The zero-order chi connectivity index (χ0) is 84.9. The van der Waals surface area contributed by atoms with Gasteiger partial charge in [0.1, 0.15) is 6.29 Å². The number of hydrogen-bond donors (Lipinski definition) is 1. The second-order valence-corrected chi connectivity index (χ2v) is 31.3. The smallest absolute Gasteiger partial charge is 0.276 e. The summed E-state index contributed by atoms with van der Waals surface area (Å²) in [5.41, 5.74) is 23.4. The fraction of sp³-hybridized carbons (Fsp3) is 0.304. The minimum Gasteiger partial charge on any atom is -0.349 e. The third-order valence-corrected chi connectivity index (χ3v) is 20.7. The molecule has 1 amide bonds. The van der Waals surface area contributed by atoms with Crippen LogP contribution in [-0.2, 0) is 87.7 Å². The average Bonchev–Trinajstić information content (AvgIpc) is 1.51. The Balaban J connectivity index is 0.000000716. The molecule has 0 fully saturated rings. The third kappa shape index (κ3) is 43.0. The van der Waals surface area contributed by atoms with Gasteiger partial charge in [0.25, 0.3) is 10.0 Å². The molecule has 2 aliphatic rings. The molecule has 2 aliphatic carbocycles. The van der Waals surface area contributed by atoms with Crippen molar-refractivity contribution in [3.8, 4) is 36.5 Å². The van der Waals surface area contributed by atoms with E-state index in [0.717, 1.165) is 147 Å². The molecule has 0 spiro atoms. The van der Waals surface area contributed by atoms with Gasteiger partial charge in [-0.1, -0.05) is 233 Å². The first-order valence-electron chi connectivity index (χ1n) is 39.3. The number of carbonyl (C=O) groups excluding carboxylic acids is 4. The molecule has 620 valence electrons. The molecule has 0 heterocycles. The molecule has 1 unspecified atom stereocenters. The van der Waals surface area contributed by atoms with Crippen molar-refractivity contribution in [3.63, 3.8) is 0 Å². The topological polar surface area (TPSA) is 156 Å². The van der Waals surface area contributed by atoms with Crippen LogP contribution < -0.4 is 4.83 Å². The van der Waals surface area contributed by atoms with Crippen molar-refractivity contribution in [1.29, 1.82) is 0 Å². The first-order valence-corrected chi connectivity index (χ1v) is 44.4. The minimum absolute atomic E-state index is 0. The number of nitrogens with one attached hydrogen (secondary N) is 1. The van der Waals surface area contributed by atoms with Crippen LogP contribution in [0.5, 0.6) is 0 Å². The highest BCUT2D eigenvalue weighted by Gasteiger charge is 2.24. The summed E-state index contributed by atoms with van der Waals surface area (Å²) < 4.78 is 42.7. The van der Waals surface area contributed by atoms with Crippen LogP contribution in [-0.4, -0.2) is 70.2 Å². The Morgan fingerprint density at radius 3 is 1.51 bits per heavy atom. The number of benzene rings is 8. The molecule has 16 heteroatoms. The second kappa shape index (κ2) is 64.5. The number of hydrogen-bond acceptors (Lipinski definition) is 11. The lowest BCUT2D eigenvalue weighted by molar-refractivity contribution is -0.128. The lowest BCUT2D eigenvalue weighted by Gasteiger charge is -2.16. The zero-order valence-electron chi connectivity index (χ0n) is 68.9. The summed E-state index contributed by atoms with van der Waals surface area (Å²) in [5.74, 6) is 11.1. The highest BCUT2D eigenvalue weighted by Crippen LogP contribution is 2.46. The second-order valence-electron chi connectivity index (χ2n) is 27.1. The van der Waals surface area contributed by atoms with Gasteiger partial charge in [-0.25, -0.2) is 0 Å². The Bertz CT molecular complexity index is 5000. The Hall–Kier alpha value is -10.6. The van der Waals surface area contributed by atoms with Gasteiger partial charge in [-0.2, -0.15) is 31.8 Å². The van der Waals surface area contributed by atoms with Gasteiger partial charge in [0.15, 0.2) is 5.78 Å². The summed E-state index contributed by atoms with van der Waals surface area (Å²) in [4.78, 5) is 48.7. The molecule has 1 N–H and O–H groups in total. The summed E-state index contributed by atoms with van der Waals surface area (Å²) in [6, 6.07) is 58.1. The fourth-order valence-electron chi connectivity index (χ4n) is 12.1. The van der Waals surface area contributed by atoms with Crippen molar-refractivity contribution >= 4 is 116 Å². The summed E-state index contributed by atoms with van der Waals surface area (Å²) in [7, 11) is -2.67. The number of Topliss-reactive ketones (excluding diaryl/α,β-unsaturated/α-hetero) is 2. The predicted octanol–water partition coefficient (Wildman–Crippen LogP) is 24.2. The monoisotopic (exact) mass is 1670 g/mol. The van der Waals surface area contributed by atoms with E-state index in [1.54, 1.807) is 62.1 Å². The van der Waals surface area contributed by atoms with Crippen LogP contribution in [0.3, 0.4) is 0 Å². The molecule has 0 aliphatic heterocycles. The number of rotatable bonds is 32. The Kier molecular flexibility index (Phi) is 57.6. The van der Waals surface area contributed by atoms with Gasteiger partial charge < -0.3 is 14.2 Å². The van der Waals surface area contributed by atoms with Gasteiger partial charge in [-0.15, -0.1) is 47.6 Å². The number of nitrogens with zero attached hydrogens (tertiary/aromatic N) is 2. The fourth-order valence-corrected chi connectivity index (χ4v) is 14.4. The highest BCUT2D eigenvalue weighted by atomic mass is 32.8. The number of aldehydes is 1.